The molecule has 1 aliphatic rings. The second-order valence-electron chi connectivity index (χ2n) is 4.49. The van der Waals surface area contributed by atoms with Crippen LogP contribution in [0.4, 0.5) is 13.2 Å². The molecule has 0 aromatic heterocycles. The Morgan fingerprint density at radius 2 is 1.75 bits per heavy atom. The smallest absolute Gasteiger partial charge is 0.406 e. The van der Waals surface area contributed by atoms with Gasteiger partial charge in [0.05, 0.1) is 4.90 Å². The van der Waals surface area contributed by atoms with Gasteiger partial charge in [0.2, 0.25) is 10.0 Å². The SMILES string of the molecule is O=S(=O)(c1cccc(OC(F)(F)F)c1)N1CCCCC1. The molecule has 20 heavy (non-hydrogen) atoms. The minimum absolute atomic E-state index is 0.179. The highest BCUT2D eigenvalue weighted by molar-refractivity contribution is 7.89. The average Bonchev–Trinajstić information content (AvgIpc) is 2.38. The molecule has 0 spiro atoms. The van der Waals surface area contributed by atoms with E-state index in [9.17, 15) is 21.6 Å². The minimum Gasteiger partial charge on any atom is -0.406 e. The first-order valence-corrected chi connectivity index (χ1v) is 7.59. The van der Waals surface area contributed by atoms with Gasteiger partial charge >= 0.3 is 6.36 Å². The maximum absolute atomic E-state index is 12.3. The van der Waals surface area contributed by atoms with Crippen LogP contribution in [0.2, 0.25) is 0 Å². The summed E-state index contributed by atoms with van der Waals surface area (Å²) in [7, 11) is -3.75. The number of hydrogen-bond donors (Lipinski definition) is 0. The van der Waals surface area contributed by atoms with Gasteiger partial charge in [0.25, 0.3) is 0 Å². The quantitative estimate of drug-likeness (QED) is 0.862. The zero-order valence-corrected chi connectivity index (χ0v) is 11.4. The van der Waals surface area contributed by atoms with Gasteiger partial charge in [-0.3, -0.25) is 0 Å². The second-order valence-corrected chi connectivity index (χ2v) is 6.43. The Balaban J connectivity index is 2.25. The molecule has 1 aromatic carbocycles. The van der Waals surface area contributed by atoms with E-state index in [4.69, 9.17) is 0 Å². The topological polar surface area (TPSA) is 46.6 Å². The Morgan fingerprint density at radius 3 is 2.35 bits per heavy atom. The third-order valence-electron chi connectivity index (χ3n) is 2.99. The van der Waals surface area contributed by atoms with Gasteiger partial charge < -0.3 is 4.74 Å². The maximum Gasteiger partial charge on any atom is 0.573 e. The summed E-state index contributed by atoms with van der Waals surface area (Å²) in [5, 5.41) is 0. The van der Waals surface area contributed by atoms with Crippen LogP contribution in [0.3, 0.4) is 0 Å². The van der Waals surface area contributed by atoms with Gasteiger partial charge in [-0.05, 0) is 25.0 Å². The first-order chi connectivity index (χ1) is 9.29. The van der Waals surface area contributed by atoms with E-state index in [1.54, 1.807) is 0 Å². The fourth-order valence-corrected chi connectivity index (χ4v) is 3.64. The van der Waals surface area contributed by atoms with E-state index in [-0.39, 0.29) is 4.90 Å². The van der Waals surface area contributed by atoms with Gasteiger partial charge in [0.1, 0.15) is 5.75 Å². The number of halogens is 3. The molecule has 1 aliphatic heterocycles. The highest BCUT2D eigenvalue weighted by Crippen LogP contribution is 2.27. The molecule has 0 bridgehead atoms. The molecule has 0 atom stereocenters. The van der Waals surface area contributed by atoms with Crippen molar-refractivity contribution in [3.63, 3.8) is 0 Å². The number of rotatable bonds is 3. The van der Waals surface area contributed by atoms with E-state index in [0.29, 0.717) is 13.1 Å². The van der Waals surface area contributed by atoms with Gasteiger partial charge in [0.15, 0.2) is 0 Å². The van der Waals surface area contributed by atoms with Gasteiger partial charge in [-0.1, -0.05) is 12.5 Å². The summed E-state index contributed by atoms with van der Waals surface area (Å²) in [5.74, 6) is -0.532. The summed E-state index contributed by atoms with van der Waals surface area (Å²) in [6.45, 7) is 0.791. The van der Waals surface area contributed by atoms with E-state index in [2.05, 4.69) is 4.74 Å². The van der Waals surface area contributed by atoms with Crippen LogP contribution in [0, 0.1) is 0 Å². The highest BCUT2D eigenvalue weighted by Gasteiger charge is 2.32. The Bertz CT molecular complexity index is 566. The number of ether oxygens (including phenoxy) is 1. The van der Waals surface area contributed by atoms with Gasteiger partial charge in [-0.15, -0.1) is 13.2 Å². The van der Waals surface area contributed by atoms with Crippen molar-refractivity contribution in [3.8, 4) is 5.75 Å². The van der Waals surface area contributed by atoms with E-state index >= 15 is 0 Å². The van der Waals surface area contributed by atoms with Crippen molar-refractivity contribution in [3.05, 3.63) is 24.3 Å². The molecule has 4 nitrogen and oxygen atoms in total. The van der Waals surface area contributed by atoms with Crippen LogP contribution in [0.5, 0.6) is 5.75 Å². The molecule has 2 rings (SSSR count). The molecule has 1 saturated heterocycles. The zero-order valence-electron chi connectivity index (χ0n) is 10.6. The lowest BCUT2D eigenvalue weighted by atomic mass is 10.2. The molecule has 0 amide bonds. The van der Waals surface area contributed by atoms with Crippen LogP contribution < -0.4 is 4.74 Å². The zero-order chi connectivity index (χ0) is 14.8. The highest BCUT2D eigenvalue weighted by atomic mass is 32.2. The molecular formula is C12H14F3NO3S. The van der Waals surface area contributed by atoms with Crippen LogP contribution >= 0.6 is 0 Å². The Kier molecular flexibility index (Phi) is 4.24. The lowest BCUT2D eigenvalue weighted by Gasteiger charge is -2.26. The first-order valence-electron chi connectivity index (χ1n) is 6.15. The molecule has 0 N–H and O–H groups in total. The minimum atomic E-state index is -4.84. The summed E-state index contributed by atoms with van der Waals surface area (Å²) in [6, 6.07) is 4.48. The molecule has 1 aromatic rings. The van der Waals surface area contributed by atoms with Crippen LogP contribution in [0.1, 0.15) is 19.3 Å². The molecule has 1 fully saturated rings. The number of alkyl halides is 3. The van der Waals surface area contributed by atoms with E-state index in [0.717, 1.165) is 31.4 Å². The summed E-state index contributed by atoms with van der Waals surface area (Å²) in [4.78, 5) is -0.179. The van der Waals surface area contributed by atoms with Crippen molar-refractivity contribution in [1.82, 2.24) is 4.31 Å². The van der Waals surface area contributed by atoms with Crippen molar-refractivity contribution in [2.45, 2.75) is 30.5 Å². The molecule has 8 heteroatoms. The average molecular weight is 309 g/mol. The summed E-state index contributed by atoms with van der Waals surface area (Å²) >= 11 is 0. The third-order valence-corrected chi connectivity index (χ3v) is 4.89. The van der Waals surface area contributed by atoms with Crippen LogP contribution in [-0.4, -0.2) is 32.2 Å². The van der Waals surface area contributed by atoms with E-state index in [1.165, 1.54) is 16.4 Å². The standard InChI is InChI=1S/C12H14F3NO3S/c13-12(14,15)19-10-5-4-6-11(9-10)20(17,18)16-7-2-1-3-8-16/h4-6,9H,1-3,7-8H2. The molecule has 112 valence electrons. The lowest BCUT2D eigenvalue weighted by molar-refractivity contribution is -0.274. The van der Waals surface area contributed by atoms with Crippen LogP contribution in [0.25, 0.3) is 0 Å². The van der Waals surface area contributed by atoms with Crippen LogP contribution in [-0.2, 0) is 10.0 Å². The number of nitrogens with zero attached hydrogens (tertiary/aromatic N) is 1. The first kappa shape index (κ1) is 15.1. The molecule has 0 saturated carbocycles. The second kappa shape index (κ2) is 5.61. The van der Waals surface area contributed by atoms with Gasteiger partial charge in [-0.2, -0.15) is 4.31 Å². The van der Waals surface area contributed by atoms with Crippen LogP contribution in [0.15, 0.2) is 29.2 Å². The summed E-state index contributed by atoms with van der Waals surface area (Å²) < 4.78 is 66.1. The normalized spacial score (nSPS) is 17.9. The number of hydrogen-bond acceptors (Lipinski definition) is 3. The largest absolute Gasteiger partial charge is 0.573 e. The molecule has 0 unspecified atom stereocenters. The van der Waals surface area contributed by atoms with Gasteiger partial charge in [0, 0.05) is 19.2 Å². The third kappa shape index (κ3) is 3.63. The molecular weight excluding hydrogens is 295 g/mol. The molecule has 1 heterocycles. The Hall–Kier alpha value is -1.28. The Labute approximate surface area is 115 Å². The number of benzene rings is 1. The monoisotopic (exact) mass is 309 g/mol. The van der Waals surface area contributed by atoms with Crippen molar-refractivity contribution < 1.29 is 26.3 Å². The van der Waals surface area contributed by atoms with E-state index in [1.807, 2.05) is 0 Å². The lowest BCUT2D eigenvalue weighted by Crippen LogP contribution is -2.35. The maximum atomic E-state index is 12.3. The summed E-state index contributed by atoms with van der Waals surface area (Å²) in [5.41, 5.74) is 0. The van der Waals surface area contributed by atoms with Crippen molar-refractivity contribution in [1.29, 1.82) is 0 Å². The fourth-order valence-electron chi connectivity index (χ4n) is 2.09. The predicted molar refractivity (Wildman–Crippen MR) is 65.7 cm³/mol. The van der Waals surface area contributed by atoms with Gasteiger partial charge in [-0.25, -0.2) is 8.42 Å². The number of piperidine rings is 1. The summed E-state index contributed by atoms with van der Waals surface area (Å²) in [6.07, 6.45) is -2.35. The van der Waals surface area contributed by atoms with Crippen molar-refractivity contribution >= 4 is 10.0 Å². The van der Waals surface area contributed by atoms with Crippen molar-refractivity contribution in [2.75, 3.05) is 13.1 Å². The fraction of sp³-hybridized carbons (Fsp3) is 0.500. The van der Waals surface area contributed by atoms with E-state index < -0.39 is 22.1 Å². The Morgan fingerprint density at radius 1 is 1.10 bits per heavy atom. The number of sulfonamides is 1. The predicted octanol–water partition coefficient (Wildman–Crippen LogP) is 2.76. The molecule has 0 aliphatic carbocycles. The van der Waals surface area contributed by atoms with Crippen molar-refractivity contribution in [2.24, 2.45) is 0 Å². The molecule has 0 radical (unpaired) electrons.